The van der Waals surface area contributed by atoms with E-state index in [0.717, 1.165) is 41.4 Å². The molecule has 0 bridgehead atoms. The Morgan fingerprint density at radius 2 is 2.14 bits per heavy atom. The van der Waals surface area contributed by atoms with E-state index in [1.54, 1.807) is 13.0 Å². The van der Waals surface area contributed by atoms with Crippen LogP contribution in [0.25, 0.3) is 10.9 Å². The number of hydrogen-bond donors (Lipinski definition) is 1. The van der Waals surface area contributed by atoms with E-state index in [9.17, 15) is 9.59 Å². The molecule has 1 atom stereocenters. The number of pyridine rings is 1. The van der Waals surface area contributed by atoms with E-state index in [1.165, 1.54) is 0 Å². The normalized spacial score (nSPS) is 15.9. The second-order valence-corrected chi connectivity index (χ2v) is 7.22. The van der Waals surface area contributed by atoms with Crippen LogP contribution in [0.5, 0.6) is 0 Å². The van der Waals surface area contributed by atoms with Gasteiger partial charge in [-0.3, -0.25) is 9.78 Å². The zero-order chi connectivity index (χ0) is 19.7. The highest BCUT2D eigenvalue weighted by Gasteiger charge is 2.26. The highest BCUT2D eigenvalue weighted by atomic mass is 16.5. The molecule has 1 N–H and O–H groups in total. The molecular formula is C21H21N3O4. The minimum Gasteiger partial charge on any atom is -0.452 e. The monoisotopic (exact) mass is 379 g/mol. The average molecular weight is 379 g/mol. The third kappa shape index (κ3) is 3.60. The number of benzene rings is 1. The van der Waals surface area contributed by atoms with Crippen LogP contribution in [-0.4, -0.2) is 28.6 Å². The van der Waals surface area contributed by atoms with Crippen molar-refractivity contribution < 1.29 is 18.8 Å². The lowest BCUT2D eigenvalue weighted by Crippen LogP contribution is -2.23. The first kappa shape index (κ1) is 18.2. The Hall–Kier alpha value is -3.22. The van der Waals surface area contributed by atoms with Gasteiger partial charge in [0.15, 0.2) is 12.4 Å². The van der Waals surface area contributed by atoms with E-state index in [-0.39, 0.29) is 0 Å². The van der Waals surface area contributed by atoms with Crippen molar-refractivity contribution in [2.24, 2.45) is 5.92 Å². The second-order valence-electron chi connectivity index (χ2n) is 7.22. The summed E-state index contributed by atoms with van der Waals surface area (Å²) >= 11 is 0. The lowest BCUT2D eigenvalue weighted by atomic mass is 9.84. The van der Waals surface area contributed by atoms with Gasteiger partial charge in [0.25, 0.3) is 5.91 Å². The van der Waals surface area contributed by atoms with Crippen molar-refractivity contribution >= 4 is 28.6 Å². The minimum absolute atomic E-state index is 0.291. The Labute approximate surface area is 162 Å². The van der Waals surface area contributed by atoms with Crippen molar-refractivity contribution in [3.8, 4) is 0 Å². The molecule has 0 fully saturated rings. The number of nitrogens with zero attached hydrogens (tertiary/aromatic N) is 2. The Morgan fingerprint density at radius 1 is 1.32 bits per heavy atom. The number of amides is 1. The maximum absolute atomic E-state index is 12.9. The van der Waals surface area contributed by atoms with Gasteiger partial charge in [-0.15, -0.1) is 0 Å². The molecule has 1 aromatic carbocycles. The van der Waals surface area contributed by atoms with E-state index in [4.69, 9.17) is 14.2 Å². The SMILES string of the molecule is Cc1cc(NC(=O)COC(=O)c2c3c(nc4ccccc24)CCC(C)C3)no1. The summed E-state index contributed by atoms with van der Waals surface area (Å²) in [6.45, 7) is 3.49. The molecule has 2 heterocycles. The Balaban J connectivity index is 1.58. The molecule has 144 valence electrons. The second kappa shape index (κ2) is 7.42. The van der Waals surface area contributed by atoms with Gasteiger partial charge in [0.2, 0.25) is 0 Å². The topological polar surface area (TPSA) is 94.3 Å². The number of para-hydroxylation sites is 1. The van der Waals surface area contributed by atoms with Crippen LogP contribution < -0.4 is 5.32 Å². The molecule has 0 saturated heterocycles. The van der Waals surface area contributed by atoms with Crippen molar-refractivity contribution in [1.29, 1.82) is 0 Å². The van der Waals surface area contributed by atoms with Gasteiger partial charge in [-0.05, 0) is 43.7 Å². The quantitative estimate of drug-likeness (QED) is 0.698. The first-order chi connectivity index (χ1) is 13.5. The van der Waals surface area contributed by atoms with Crippen LogP contribution in [0, 0.1) is 12.8 Å². The zero-order valence-corrected chi connectivity index (χ0v) is 15.8. The van der Waals surface area contributed by atoms with Crippen LogP contribution in [0.2, 0.25) is 0 Å². The summed E-state index contributed by atoms with van der Waals surface area (Å²) in [5, 5.41) is 6.99. The van der Waals surface area contributed by atoms with E-state index >= 15 is 0 Å². The van der Waals surface area contributed by atoms with Crippen LogP contribution in [0.1, 0.15) is 40.7 Å². The molecule has 0 radical (unpaired) electrons. The summed E-state index contributed by atoms with van der Waals surface area (Å²) in [6, 6.07) is 9.13. The smallest absolute Gasteiger partial charge is 0.339 e. The molecule has 28 heavy (non-hydrogen) atoms. The fourth-order valence-electron chi connectivity index (χ4n) is 3.60. The molecule has 7 heteroatoms. The first-order valence-electron chi connectivity index (χ1n) is 9.32. The summed E-state index contributed by atoms with van der Waals surface area (Å²) in [4.78, 5) is 29.8. The van der Waals surface area contributed by atoms with Crippen molar-refractivity contribution in [3.05, 3.63) is 52.9 Å². The highest BCUT2D eigenvalue weighted by molar-refractivity contribution is 6.06. The zero-order valence-electron chi connectivity index (χ0n) is 15.8. The maximum Gasteiger partial charge on any atom is 0.339 e. The molecule has 2 aromatic heterocycles. The fourth-order valence-corrected chi connectivity index (χ4v) is 3.60. The van der Waals surface area contributed by atoms with Gasteiger partial charge in [-0.25, -0.2) is 4.79 Å². The van der Waals surface area contributed by atoms with Gasteiger partial charge < -0.3 is 14.6 Å². The molecule has 1 unspecified atom stereocenters. The van der Waals surface area contributed by atoms with Crippen molar-refractivity contribution in [2.45, 2.75) is 33.1 Å². The molecule has 1 amide bonds. The predicted octanol–water partition coefficient (Wildman–Crippen LogP) is 3.45. The van der Waals surface area contributed by atoms with Gasteiger partial charge in [0, 0.05) is 17.1 Å². The van der Waals surface area contributed by atoms with Crippen LogP contribution in [0.4, 0.5) is 5.82 Å². The molecule has 1 aliphatic carbocycles. The number of aromatic nitrogens is 2. The maximum atomic E-state index is 12.9. The largest absolute Gasteiger partial charge is 0.452 e. The Kier molecular flexibility index (Phi) is 4.81. The molecule has 3 aromatic rings. The average Bonchev–Trinajstić information content (AvgIpc) is 3.09. The lowest BCUT2D eigenvalue weighted by molar-refractivity contribution is -0.119. The van der Waals surface area contributed by atoms with Crippen molar-refractivity contribution in [1.82, 2.24) is 10.1 Å². The molecule has 0 aliphatic heterocycles. The van der Waals surface area contributed by atoms with Gasteiger partial charge >= 0.3 is 5.97 Å². The minimum atomic E-state index is -0.504. The fraction of sp³-hybridized carbons (Fsp3) is 0.333. The summed E-state index contributed by atoms with van der Waals surface area (Å²) in [5.41, 5.74) is 3.18. The number of aryl methyl sites for hydroxylation is 2. The molecule has 1 aliphatic rings. The van der Waals surface area contributed by atoms with E-state index < -0.39 is 18.5 Å². The van der Waals surface area contributed by atoms with Crippen molar-refractivity contribution in [2.75, 3.05) is 11.9 Å². The number of esters is 1. The standard InChI is InChI=1S/C21H21N3O4/c1-12-7-8-17-15(9-12)20(14-5-3-4-6-16(14)22-17)21(26)27-11-19(25)23-18-10-13(2)28-24-18/h3-6,10,12H,7-9,11H2,1-2H3,(H,23,24,25). The Morgan fingerprint density at radius 3 is 2.93 bits per heavy atom. The highest BCUT2D eigenvalue weighted by Crippen LogP contribution is 2.32. The number of ether oxygens (including phenoxy) is 1. The van der Waals surface area contributed by atoms with Gasteiger partial charge in [0.1, 0.15) is 5.76 Å². The van der Waals surface area contributed by atoms with Crippen LogP contribution in [0.15, 0.2) is 34.9 Å². The predicted molar refractivity (Wildman–Crippen MR) is 103 cm³/mol. The lowest BCUT2D eigenvalue weighted by Gasteiger charge is -2.24. The molecule has 0 saturated carbocycles. The number of hydrogen-bond acceptors (Lipinski definition) is 6. The molecular weight excluding hydrogens is 358 g/mol. The molecule has 7 nitrogen and oxygen atoms in total. The summed E-state index contributed by atoms with van der Waals surface area (Å²) in [5.74, 6) is 0.369. The summed E-state index contributed by atoms with van der Waals surface area (Å²) < 4.78 is 10.2. The van der Waals surface area contributed by atoms with Crippen LogP contribution >= 0.6 is 0 Å². The summed E-state index contributed by atoms with van der Waals surface area (Å²) in [6.07, 6.45) is 2.67. The number of carbonyl (C=O) groups excluding carboxylic acids is 2. The van der Waals surface area contributed by atoms with E-state index in [2.05, 4.69) is 17.4 Å². The third-order valence-electron chi connectivity index (χ3n) is 4.94. The van der Waals surface area contributed by atoms with Gasteiger partial charge in [0.05, 0.1) is 11.1 Å². The Bertz CT molecular complexity index is 1060. The number of nitrogens with one attached hydrogen (secondary N) is 1. The molecule has 0 spiro atoms. The van der Waals surface area contributed by atoms with E-state index in [0.29, 0.717) is 23.1 Å². The number of fused-ring (bicyclic) bond motifs is 2. The number of rotatable bonds is 4. The van der Waals surface area contributed by atoms with Crippen molar-refractivity contribution in [3.63, 3.8) is 0 Å². The van der Waals surface area contributed by atoms with E-state index in [1.807, 2.05) is 24.3 Å². The number of carbonyl (C=O) groups is 2. The van der Waals surface area contributed by atoms with Gasteiger partial charge in [-0.2, -0.15) is 0 Å². The van der Waals surface area contributed by atoms with Gasteiger partial charge in [-0.1, -0.05) is 30.3 Å². The third-order valence-corrected chi connectivity index (χ3v) is 4.94. The molecule has 4 rings (SSSR count). The summed E-state index contributed by atoms with van der Waals surface area (Å²) in [7, 11) is 0. The van der Waals surface area contributed by atoms with Crippen LogP contribution in [0.3, 0.4) is 0 Å². The number of anilines is 1. The first-order valence-corrected chi connectivity index (χ1v) is 9.32. The van der Waals surface area contributed by atoms with Crippen LogP contribution in [-0.2, 0) is 22.4 Å².